The van der Waals surface area contributed by atoms with Gasteiger partial charge in [0.2, 0.25) is 5.91 Å². The van der Waals surface area contributed by atoms with E-state index < -0.39 is 5.92 Å². The first-order valence-electron chi connectivity index (χ1n) is 4.16. The lowest BCUT2D eigenvalue weighted by Crippen LogP contribution is -2.52. The van der Waals surface area contributed by atoms with Gasteiger partial charge in [-0.1, -0.05) is 30.3 Å². The van der Waals surface area contributed by atoms with Crippen molar-refractivity contribution in [3.8, 4) is 0 Å². The van der Waals surface area contributed by atoms with Crippen LogP contribution >= 0.6 is 0 Å². The third kappa shape index (κ3) is 1.33. The summed E-state index contributed by atoms with van der Waals surface area (Å²) in [5.41, 5.74) is 0.613. The van der Waals surface area contributed by atoms with Gasteiger partial charge in [0.05, 0.1) is 0 Å². The van der Waals surface area contributed by atoms with Crippen LogP contribution in [0.25, 0.3) is 0 Å². The van der Waals surface area contributed by atoms with Crippen molar-refractivity contribution in [1.29, 1.82) is 0 Å². The van der Waals surface area contributed by atoms with E-state index in [0.29, 0.717) is 12.1 Å². The maximum absolute atomic E-state index is 11.6. The molecule has 0 radical (unpaired) electrons. The number of carbonyl (C=O) groups excluding carboxylic acids is 2. The molecule has 1 aliphatic rings. The zero-order valence-corrected chi connectivity index (χ0v) is 6.99. The van der Waals surface area contributed by atoms with Crippen molar-refractivity contribution in [3.05, 3.63) is 35.9 Å². The van der Waals surface area contributed by atoms with Crippen LogP contribution in [0.3, 0.4) is 0 Å². The second-order valence-corrected chi connectivity index (χ2v) is 3.03. The largest absolute Gasteiger partial charge is 0.354 e. The van der Waals surface area contributed by atoms with Crippen molar-refractivity contribution in [2.75, 3.05) is 6.54 Å². The molecule has 1 aliphatic heterocycles. The molecule has 1 aromatic carbocycles. The van der Waals surface area contributed by atoms with Crippen LogP contribution in [0.4, 0.5) is 0 Å². The summed E-state index contributed by atoms with van der Waals surface area (Å²) in [6.07, 6.45) is 0. The Morgan fingerprint density at radius 3 is 2.46 bits per heavy atom. The highest BCUT2D eigenvalue weighted by molar-refractivity contribution is 6.13. The quantitative estimate of drug-likeness (QED) is 0.407. The highest BCUT2D eigenvalue weighted by atomic mass is 16.2. The Hall–Kier alpha value is -1.64. The molecule has 66 valence electrons. The minimum Gasteiger partial charge on any atom is -0.354 e. The number of hydrogen-bond acceptors (Lipinski definition) is 2. The molecule has 1 heterocycles. The number of amides is 1. The van der Waals surface area contributed by atoms with Crippen LogP contribution in [-0.2, 0) is 4.79 Å². The summed E-state index contributed by atoms with van der Waals surface area (Å²) in [7, 11) is 0. The molecular weight excluding hydrogens is 166 g/mol. The molecule has 0 aromatic heterocycles. The predicted octanol–water partition coefficient (Wildman–Crippen LogP) is 0.615. The summed E-state index contributed by atoms with van der Waals surface area (Å²) >= 11 is 0. The van der Waals surface area contributed by atoms with Crippen LogP contribution in [0.1, 0.15) is 10.4 Å². The fourth-order valence-corrected chi connectivity index (χ4v) is 1.30. The Morgan fingerprint density at radius 1 is 1.31 bits per heavy atom. The highest BCUT2D eigenvalue weighted by Gasteiger charge is 2.34. The second-order valence-electron chi connectivity index (χ2n) is 3.03. The van der Waals surface area contributed by atoms with Crippen molar-refractivity contribution in [2.45, 2.75) is 0 Å². The Kier molecular flexibility index (Phi) is 1.85. The number of ketones is 1. The van der Waals surface area contributed by atoms with Crippen molar-refractivity contribution in [3.63, 3.8) is 0 Å². The van der Waals surface area contributed by atoms with Gasteiger partial charge in [0.25, 0.3) is 0 Å². The van der Waals surface area contributed by atoms with Gasteiger partial charge in [-0.3, -0.25) is 9.59 Å². The molecule has 1 saturated heterocycles. The van der Waals surface area contributed by atoms with Crippen LogP contribution in [-0.4, -0.2) is 18.2 Å². The number of rotatable bonds is 2. The van der Waals surface area contributed by atoms with Crippen LogP contribution in [0, 0.1) is 5.92 Å². The Balaban J connectivity index is 2.18. The van der Waals surface area contributed by atoms with Crippen molar-refractivity contribution in [1.82, 2.24) is 5.32 Å². The SMILES string of the molecule is O=C1NC[C@@H]1C(=O)c1ccccc1. The predicted molar refractivity (Wildman–Crippen MR) is 47.3 cm³/mol. The summed E-state index contributed by atoms with van der Waals surface area (Å²) in [5, 5.41) is 2.55. The number of nitrogens with one attached hydrogen (secondary N) is 1. The highest BCUT2D eigenvalue weighted by Crippen LogP contribution is 2.13. The lowest BCUT2D eigenvalue weighted by molar-refractivity contribution is -0.129. The molecule has 1 aromatic rings. The fourth-order valence-electron chi connectivity index (χ4n) is 1.30. The lowest BCUT2D eigenvalue weighted by Gasteiger charge is -2.24. The zero-order valence-electron chi connectivity index (χ0n) is 6.99. The minimum atomic E-state index is -0.456. The first kappa shape index (κ1) is 7.98. The number of Topliss-reactive ketones (excluding diaryl/α,β-unsaturated/α-hetero) is 1. The lowest BCUT2D eigenvalue weighted by atomic mass is 9.92. The zero-order chi connectivity index (χ0) is 9.26. The van der Waals surface area contributed by atoms with Gasteiger partial charge < -0.3 is 5.32 Å². The average Bonchev–Trinajstić information content (AvgIpc) is 2.17. The van der Waals surface area contributed by atoms with Crippen LogP contribution in [0.15, 0.2) is 30.3 Å². The minimum absolute atomic E-state index is 0.0793. The summed E-state index contributed by atoms with van der Waals surface area (Å²) in [4.78, 5) is 22.5. The Bertz CT molecular complexity index is 345. The third-order valence-corrected chi connectivity index (χ3v) is 2.17. The average molecular weight is 175 g/mol. The summed E-state index contributed by atoms with van der Waals surface area (Å²) < 4.78 is 0. The molecule has 1 fully saturated rings. The third-order valence-electron chi connectivity index (χ3n) is 2.17. The molecule has 13 heavy (non-hydrogen) atoms. The molecule has 0 aliphatic carbocycles. The molecule has 0 unspecified atom stereocenters. The first-order chi connectivity index (χ1) is 6.29. The molecular formula is C10H9NO2. The van der Waals surface area contributed by atoms with Gasteiger partial charge in [0.1, 0.15) is 5.92 Å². The van der Waals surface area contributed by atoms with E-state index in [1.54, 1.807) is 24.3 Å². The standard InChI is InChI=1S/C10H9NO2/c12-9(8-6-11-10(8)13)7-4-2-1-3-5-7/h1-5,8H,6H2,(H,11,13)/t8-/m1/s1. The second kappa shape index (κ2) is 3.01. The van der Waals surface area contributed by atoms with Gasteiger partial charge in [-0.25, -0.2) is 0 Å². The van der Waals surface area contributed by atoms with Crippen molar-refractivity contribution >= 4 is 11.7 Å². The molecule has 1 N–H and O–H groups in total. The number of β-lactam (4-membered cyclic amide) rings is 1. The number of carbonyl (C=O) groups is 2. The first-order valence-corrected chi connectivity index (χ1v) is 4.16. The van der Waals surface area contributed by atoms with Crippen molar-refractivity contribution < 1.29 is 9.59 Å². The molecule has 3 nitrogen and oxygen atoms in total. The molecule has 0 bridgehead atoms. The number of hydrogen-bond donors (Lipinski definition) is 1. The molecule has 3 heteroatoms. The molecule has 0 spiro atoms. The maximum Gasteiger partial charge on any atom is 0.232 e. The van der Waals surface area contributed by atoms with Gasteiger partial charge in [0, 0.05) is 12.1 Å². The normalized spacial score (nSPS) is 20.3. The summed E-state index contributed by atoms with van der Waals surface area (Å²) in [6, 6.07) is 8.90. The van der Waals surface area contributed by atoms with E-state index in [2.05, 4.69) is 5.32 Å². The summed E-state index contributed by atoms with van der Waals surface area (Å²) in [5.74, 6) is -0.694. The Labute approximate surface area is 75.8 Å². The van der Waals surface area contributed by atoms with E-state index in [-0.39, 0.29) is 11.7 Å². The molecule has 1 amide bonds. The Morgan fingerprint density at radius 2 is 2.00 bits per heavy atom. The molecule has 0 saturated carbocycles. The van der Waals surface area contributed by atoms with Gasteiger partial charge in [0.15, 0.2) is 5.78 Å². The maximum atomic E-state index is 11.6. The molecule has 1 atom stereocenters. The van der Waals surface area contributed by atoms with Crippen LogP contribution in [0.2, 0.25) is 0 Å². The number of benzene rings is 1. The smallest absolute Gasteiger partial charge is 0.232 e. The summed E-state index contributed by atoms with van der Waals surface area (Å²) in [6.45, 7) is 0.479. The monoisotopic (exact) mass is 175 g/mol. The fraction of sp³-hybridized carbons (Fsp3) is 0.200. The molecule has 2 rings (SSSR count). The van der Waals surface area contributed by atoms with E-state index in [1.807, 2.05) is 6.07 Å². The van der Waals surface area contributed by atoms with Crippen LogP contribution < -0.4 is 5.32 Å². The van der Waals surface area contributed by atoms with E-state index in [9.17, 15) is 9.59 Å². The van der Waals surface area contributed by atoms with E-state index in [1.165, 1.54) is 0 Å². The van der Waals surface area contributed by atoms with Gasteiger partial charge in [-0.15, -0.1) is 0 Å². The van der Waals surface area contributed by atoms with E-state index in [0.717, 1.165) is 0 Å². The van der Waals surface area contributed by atoms with Gasteiger partial charge in [-0.2, -0.15) is 0 Å². The van der Waals surface area contributed by atoms with Gasteiger partial charge >= 0.3 is 0 Å². The van der Waals surface area contributed by atoms with Crippen LogP contribution in [0.5, 0.6) is 0 Å². The van der Waals surface area contributed by atoms with E-state index >= 15 is 0 Å². The topological polar surface area (TPSA) is 46.2 Å². The van der Waals surface area contributed by atoms with Gasteiger partial charge in [-0.05, 0) is 0 Å². The van der Waals surface area contributed by atoms with E-state index in [4.69, 9.17) is 0 Å². The van der Waals surface area contributed by atoms with Crippen molar-refractivity contribution in [2.24, 2.45) is 5.92 Å².